The van der Waals surface area contributed by atoms with Crippen molar-refractivity contribution in [2.75, 3.05) is 51.2 Å². The molecule has 148 valence electrons. The van der Waals surface area contributed by atoms with E-state index >= 15 is 0 Å². The normalized spacial score (nSPS) is 15.6. The molecule has 1 aliphatic rings. The minimum absolute atomic E-state index is 0.00424. The zero-order chi connectivity index (χ0) is 19.6. The van der Waals surface area contributed by atoms with Crippen LogP contribution < -0.4 is 10.1 Å². The molecule has 0 unspecified atom stereocenters. The molecule has 2 aromatic carbocycles. The van der Waals surface area contributed by atoms with Crippen LogP contribution >= 0.6 is 0 Å². The van der Waals surface area contributed by atoms with E-state index in [0.29, 0.717) is 18.9 Å². The first-order chi connectivity index (χ1) is 13.7. The van der Waals surface area contributed by atoms with Crippen molar-refractivity contribution in [3.05, 3.63) is 66.2 Å². The van der Waals surface area contributed by atoms with Crippen molar-refractivity contribution in [2.45, 2.75) is 6.92 Å². The molecule has 5 nitrogen and oxygen atoms in total. The average Bonchev–Trinajstić information content (AvgIpc) is 2.72. The molecule has 0 atom stereocenters. The molecule has 1 fully saturated rings. The van der Waals surface area contributed by atoms with Crippen LogP contribution in [0.2, 0.25) is 0 Å². The lowest BCUT2D eigenvalue weighted by molar-refractivity contribution is -0.117. The fraction of sp³-hybridized carbons (Fsp3) is 0.348. The zero-order valence-corrected chi connectivity index (χ0v) is 16.5. The van der Waals surface area contributed by atoms with Gasteiger partial charge >= 0.3 is 0 Å². The predicted octanol–water partition coefficient (Wildman–Crippen LogP) is 3.35. The SMILES string of the molecule is CCOc1ccccc1NC(=O)CN1CCN(C/C=C/c2ccccc2)CC1. The number of anilines is 1. The van der Waals surface area contributed by atoms with E-state index in [1.54, 1.807) is 0 Å². The smallest absolute Gasteiger partial charge is 0.238 e. The number of para-hydroxylation sites is 2. The van der Waals surface area contributed by atoms with Crippen LogP contribution in [0.3, 0.4) is 0 Å². The molecule has 1 heterocycles. The molecular weight excluding hydrogens is 350 g/mol. The fourth-order valence-corrected chi connectivity index (χ4v) is 3.28. The molecular formula is C23H29N3O2. The quantitative estimate of drug-likeness (QED) is 0.764. The van der Waals surface area contributed by atoms with E-state index in [1.807, 2.05) is 37.3 Å². The molecule has 0 aromatic heterocycles. The van der Waals surface area contributed by atoms with E-state index in [2.05, 4.69) is 51.5 Å². The van der Waals surface area contributed by atoms with Gasteiger partial charge in [0.25, 0.3) is 0 Å². The van der Waals surface area contributed by atoms with Crippen LogP contribution in [0, 0.1) is 0 Å². The second kappa shape index (κ2) is 10.6. The van der Waals surface area contributed by atoms with Gasteiger partial charge in [0.15, 0.2) is 0 Å². The first-order valence-electron chi connectivity index (χ1n) is 9.92. The Morgan fingerprint density at radius 1 is 1.00 bits per heavy atom. The van der Waals surface area contributed by atoms with E-state index < -0.39 is 0 Å². The summed E-state index contributed by atoms with van der Waals surface area (Å²) in [6.07, 6.45) is 4.37. The topological polar surface area (TPSA) is 44.8 Å². The standard InChI is InChI=1S/C23H29N3O2/c1-2-28-22-13-7-6-12-21(22)24-23(27)19-26-17-15-25(16-18-26)14-8-11-20-9-4-3-5-10-20/h3-13H,2,14-19H2,1H3,(H,24,27)/b11-8+. The van der Waals surface area contributed by atoms with Gasteiger partial charge in [-0.2, -0.15) is 0 Å². The molecule has 2 aromatic rings. The Balaban J connectivity index is 1.40. The number of ether oxygens (including phenoxy) is 1. The van der Waals surface area contributed by atoms with Gasteiger partial charge in [0.05, 0.1) is 18.8 Å². The number of rotatable bonds is 8. The van der Waals surface area contributed by atoms with Crippen molar-refractivity contribution in [1.82, 2.24) is 9.80 Å². The summed E-state index contributed by atoms with van der Waals surface area (Å²) in [4.78, 5) is 17.0. The summed E-state index contributed by atoms with van der Waals surface area (Å²) in [5.41, 5.74) is 1.96. The van der Waals surface area contributed by atoms with Crippen molar-refractivity contribution >= 4 is 17.7 Å². The van der Waals surface area contributed by atoms with E-state index in [0.717, 1.165) is 38.4 Å². The second-order valence-corrected chi connectivity index (χ2v) is 6.87. The molecule has 0 saturated carbocycles. The van der Waals surface area contributed by atoms with E-state index in [4.69, 9.17) is 4.74 Å². The van der Waals surface area contributed by atoms with Gasteiger partial charge in [-0.05, 0) is 24.6 Å². The minimum atomic E-state index is 0.00424. The van der Waals surface area contributed by atoms with E-state index in [1.165, 1.54) is 5.56 Å². The van der Waals surface area contributed by atoms with Crippen LogP contribution in [0.1, 0.15) is 12.5 Å². The Morgan fingerprint density at radius 2 is 1.68 bits per heavy atom. The molecule has 0 bridgehead atoms. The molecule has 1 amide bonds. The van der Waals surface area contributed by atoms with Crippen LogP contribution in [0.15, 0.2) is 60.7 Å². The molecule has 1 aliphatic heterocycles. The first-order valence-corrected chi connectivity index (χ1v) is 9.92. The Kier molecular flexibility index (Phi) is 7.64. The van der Waals surface area contributed by atoms with E-state index in [-0.39, 0.29) is 5.91 Å². The van der Waals surface area contributed by atoms with Gasteiger partial charge in [-0.25, -0.2) is 0 Å². The lowest BCUT2D eigenvalue weighted by Crippen LogP contribution is -2.48. The highest BCUT2D eigenvalue weighted by molar-refractivity contribution is 5.93. The molecule has 0 radical (unpaired) electrons. The van der Waals surface area contributed by atoms with Crippen LogP contribution in [-0.4, -0.2) is 61.6 Å². The monoisotopic (exact) mass is 379 g/mol. The number of amides is 1. The Bertz CT molecular complexity index is 768. The van der Waals surface area contributed by atoms with Gasteiger partial charge in [-0.3, -0.25) is 14.6 Å². The van der Waals surface area contributed by atoms with Crippen molar-refractivity contribution in [3.63, 3.8) is 0 Å². The van der Waals surface area contributed by atoms with Crippen molar-refractivity contribution in [3.8, 4) is 5.75 Å². The molecule has 0 spiro atoms. The second-order valence-electron chi connectivity index (χ2n) is 6.87. The van der Waals surface area contributed by atoms with Crippen molar-refractivity contribution in [1.29, 1.82) is 0 Å². The number of nitrogens with one attached hydrogen (secondary N) is 1. The van der Waals surface area contributed by atoms with E-state index in [9.17, 15) is 4.79 Å². The zero-order valence-electron chi connectivity index (χ0n) is 16.5. The molecule has 28 heavy (non-hydrogen) atoms. The predicted molar refractivity (Wildman–Crippen MR) is 115 cm³/mol. The maximum absolute atomic E-state index is 12.4. The summed E-state index contributed by atoms with van der Waals surface area (Å²) in [7, 11) is 0. The molecule has 5 heteroatoms. The average molecular weight is 380 g/mol. The summed E-state index contributed by atoms with van der Waals surface area (Å²) in [5, 5.41) is 2.98. The molecule has 0 aliphatic carbocycles. The maximum atomic E-state index is 12.4. The third-order valence-electron chi connectivity index (χ3n) is 4.77. The van der Waals surface area contributed by atoms with Gasteiger partial charge in [-0.15, -0.1) is 0 Å². The Morgan fingerprint density at radius 3 is 2.43 bits per heavy atom. The highest BCUT2D eigenvalue weighted by atomic mass is 16.5. The maximum Gasteiger partial charge on any atom is 0.238 e. The fourth-order valence-electron chi connectivity index (χ4n) is 3.28. The molecule has 3 rings (SSSR count). The highest BCUT2D eigenvalue weighted by Crippen LogP contribution is 2.23. The molecule has 1 saturated heterocycles. The minimum Gasteiger partial charge on any atom is -0.492 e. The van der Waals surface area contributed by atoms with Crippen LogP contribution in [0.4, 0.5) is 5.69 Å². The first kappa shape index (κ1) is 20.1. The summed E-state index contributed by atoms with van der Waals surface area (Å²) in [6.45, 7) is 7.62. The van der Waals surface area contributed by atoms with Gasteiger partial charge < -0.3 is 10.1 Å². The van der Waals surface area contributed by atoms with Crippen LogP contribution in [0.25, 0.3) is 6.08 Å². The van der Waals surface area contributed by atoms with Gasteiger partial charge in [-0.1, -0.05) is 54.6 Å². The summed E-state index contributed by atoms with van der Waals surface area (Å²) < 4.78 is 5.57. The number of carbonyl (C=O) groups is 1. The number of hydrogen-bond acceptors (Lipinski definition) is 4. The summed E-state index contributed by atoms with van der Waals surface area (Å²) in [5.74, 6) is 0.720. The number of carbonyl (C=O) groups excluding carboxylic acids is 1. The lowest BCUT2D eigenvalue weighted by atomic mass is 10.2. The van der Waals surface area contributed by atoms with Crippen molar-refractivity contribution < 1.29 is 9.53 Å². The Hall–Kier alpha value is -2.63. The summed E-state index contributed by atoms with van der Waals surface area (Å²) >= 11 is 0. The van der Waals surface area contributed by atoms with Crippen LogP contribution in [-0.2, 0) is 4.79 Å². The number of benzene rings is 2. The third-order valence-corrected chi connectivity index (χ3v) is 4.77. The number of hydrogen-bond donors (Lipinski definition) is 1. The number of piperazine rings is 1. The lowest BCUT2D eigenvalue weighted by Gasteiger charge is -2.33. The van der Waals surface area contributed by atoms with Crippen LogP contribution in [0.5, 0.6) is 5.75 Å². The largest absolute Gasteiger partial charge is 0.492 e. The van der Waals surface area contributed by atoms with Gasteiger partial charge in [0, 0.05) is 32.7 Å². The number of nitrogens with zero attached hydrogens (tertiary/aromatic N) is 2. The summed E-state index contributed by atoms with van der Waals surface area (Å²) in [6, 6.07) is 17.9. The highest BCUT2D eigenvalue weighted by Gasteiger charge is 2.18. The van der Waals surface area contributed by atoms with Gasteiger partial charge in [0.1, 0.15) is 5.75 Å². The molecule has 1 N–H and O–H groups in total. The van der Waals surface area contributed by atoms with Gasteiger partial charge in [0.2, 0.25) is 5.91 Å². The van der Waals surface area contributed by atoms with Crippen molar-refractivity contribution in [2.24, 2.45) is 0 Å². The third kappa shape index (κ3) is 6.22. The Labute approximate surface area is 167 Å².